The van der Waals surface area contributed by atoms with Crippen LogP contribution in [0.1, 0.15) is 36.7 Å². The van der Waals surface area contributed by atoms with Gasteiger partial charge in [-0.25, -0.2) is 4.98 Å². The normalized spacial score (nSPS) is 10.9. The molecule has 0 aliphatic heterocycles. The van der Waals surface area contributed by atoms with Crippen molar-refractivity contribution in [3.63, 3.8) is 0 Å². The predicted octanol–water partition coefficient (Wildman–Crippen LogP) is 3.62. The Hall–Kier alpha value is -1.42. The molecule has 96 valence electrons. The van der Waals surface area contributed by atoms with Gasteiger partial charge in [0.15, 0.2) is 0 Å². The van der Waals surface area contributed by atoms with Crippen LogP contribution in [0.15, 0.2) is 24.3 Å². The molecule has 0 fully saturated rings. The summed E-state index contributed by atoms with van der Waals surface area (Å²) >= 11 is 1.44. The Kier molecular flexibility index (Phi) is 4.31. The Morgan fingerprint density at radius 2 is 2.06 bits per heavy atom. The van der Waals surface area contributed by atoms with E-state index in [2.05, 4.69) is 59.7 Å². The molecule has 1 aromatic heterocycles. The first-order chi connectivity index (χ1) is 8.66. The SMILES string of the molecule is Cc1ccccc1CCNc1nc(C(C)C)ns1. The number of aromatic nitrogens is 2. The third-order valence-electron chi connectivity index (χ3n) is 2.89. The van der Waals surface area contributed by atoms with Gasteiger partial charge in [-0.1, -0.05) is 38.1 Å². The van der Waals surface area contributed by atoms with Gasteiger partial charge >= 0.3 is 0 Å². The molecule has 2 rings (SSSR count). The van der Waals surface area contributed by atoms with E-state index in [1.807, 2.05) is 0 Å². The number of nitrogens with zero attached hydrogens (tertiary/aromatic N) is 2. The van der Waals surface area contributed by atoms with Crippen LogP contribution in [0.3, 0.4) is 0 Å². The molecular formula is C14H19N3S. The Morgan fingerprint density at radius 1 is 1.28 bits per heavy atom. The minimum absolute atomic E-state index is 0.396. The highest BCUT2D eigenvalue weighted by Gasteiger charge is 2.06. The van der Waals surface area contributed by atoms with Crippen LogP contribution < -0.4 is 5.32 Å². The second-order valence-corrected chi connectivity index (χ2v) is 5.47. The second-order valence-electron chi connectivity index (χ2n) is 4.72. The lowest BCUT2D eigenvalue weighted by atomic mass is 10.1. The molecule has 1 aromatic carbocycles. The lowest BCUT2D eigenvalue weighted by molar-refractivity contribution is 0.799. The summed E-state index contributed by atoms with van der Waals surface area (Å²) in [4.78, 5) is 4.46. The smallest absolute Gasteiger partial charge is 0.202 e. The first kappa shape index (κ1) is 13.0. The van der Waals surface area contributed by atoms with E-state index in [1.165, 1.54) is 22.7 Å². The number of hydrogen-bond acceptors (Lipinski definition) is 4. The van der Waals surface area contributed by atoms with E-state index in [0.29, 0.717) is 5.92 Å². The third-order valence-corrected chi connectivity index (χ3v) is 3.58. The molecular weight excluding hydrogens is 242 g/mol. The van der Waals surface area contributed by atoms with Crippen molar-refractivity contribution in [3.8, 4) is 0 Å². The van der Waals surface area contributed by atoms with Crippen molar-refractivity contribution in [1.82, 2.24) is 9.36 Å². The minimum Gasteiger partial charge on any atom is -0.360 e. The van der Waals surface area contributed by atoms with E-state index in [-0.39, 0.29) is 0 Å². The van der Waals surface area contributed by atoms with Gasteiger partial charge in [-0.2, -0.15) is 4.37 Å². The van der Waals surface area contributed by atoms with Crippen molar-refractivity contribution in [2.45, 2.75) is 33.1 Å². The summed E-state index contributed by atoms with van der Waals surface area (Å²) in [6.07, 6.45) is 1.02. The summed E-state index contributed by atoms with van der Waals surface area (Å²) in [6.45, 7) is 7.27. The van der Waals surface area contributed by atoms with E-state index in [1.54, 1.807) is 0 Å². The van der Waals surface area contributed by atoms with Crippen molar-refractivity contribution < 1.29 is 0 Å². The summed E-state index contributed by atoms with van der Waals surface area (Å²) in [5.74, 6) is 1.33. The molecule has 0 amide bonds. The average molecular weight is 261 g/mol. The summed E-state index contributed by atoms with van der Waals surface area (Å²) in [6, 6.07) is 8.49. The monoisotopic (exact) mass is 261 g/mol. The molecule has 0 aliphatic carbocycles. The number of benzene rings is 1. The van der Waals surface area contributed by atoms with Gasteiger partial charge in [0.1, 0.15) is 5.82 Å². The molecule has 0 unspecified atom stereocenters. The summed E-state index contributed by atoms with van der Waals surface area (Å²) in [5, 5.41) is 4.26. The van der Waals surface area contributed by atoms with Gasteiger partial charge in [-0.3, -0.25) is 0 Å². The highest BCUT2D eigenvalue weighted by molar-refractivity contribution is 7.09. The van der Waals surface area contributed by atoms with Crippen LogP contribution in [0.25, 0.3) is 0 Å². The number of aryl methyl sites for hydroxylation is 1. The largest absolute Gasteiger partial charge is 0.360 e. The summed E-state index contributed by atoms with van der Waals surface area (Å²) in [7, 11) is 0. The Labute approximate surface area is 112 Å². The van der Waals surface area contributed by atoms with Gasteiger partial charge in [0, 0.05) is 24.0 Å². The van der Waals surface area contributed by atoms with Gasteiger partial charge in [-0.15, -0.1) is 0 Å². The molecule has 0 bridgehead atoms. The van der Waals surface area contributed by atoms with Crippen LogP contribution in [0.4, 0.5) is 5.13 Å². The zero-order valence-electron chi connectivity index (χ0n) is 11.1. The molecule has 2 aromatic rings. The fourth-order valence-electron chi connectivity index (χ4n) is 1.74. The zero-order valence-corrected chi connectivity index (χ0v) is 11.9. The highest BCUT2D eigenvalue weighted by Crippen LogP contribution is 2.17. The van der Waals surface area contributed by atoms with Gasteiger partial charge in [0.25, 0.3) is 0 Å². The zero-order chi connectivity index (χ0) is 13.0. The van der Waals surface area contributed by atoms with Crippen LogP contribution in [0, 0.1) is 6.92 Å². The predicted molar refractivity (Wildman–Crippen MR) is 77.4 cm³/mol. The van der Waals surface area contributed by atoms with E-state index < -0.39 is 0 Å². The van der Waals surface area contributed by atoms with Gasteiger partial charge in [-0.05, 0) is 24.5 Å². The molecule has 0 radical (unpaired) electrons. The maximum absolute atomic E-state index is 4.46. The standard InChI is InChI=1S/C14H19N3S/c1-10(2)13-16-14(18-17-13)15-9-8-12-7-5-4-6-11(12)3/h4-7,10H,8-9H2,1-3H3,(H,15,16,17). The second kappa shape index (κ2) is 5.96. The topological polar surface area (TPSA) is 37.8 Å². The van der Waals surface area contributed by atoms with Crippen molar-refractivity contribution >= 4 is 16.7 Å². The lowest BCUT2D eigenvalue weighted by Gasteiger charge is -2.05. The van der Waals surface area contributed by atoms with Crippen LogP contribution in [0.2, 0.25) is 0 Å². The Bertz CT molecular complexity index is 505. The first-order valence-corrected chi connectivity index (χ1v) is 7.06. The summed E-state index contributed by atoms with van der Waals surface area (Å²) < 4.78 is 4.33. The van der Waals surface area contributed by atoms with E-state index >= 15 is 0 Å². The van der Waals surface area contributed by atoms with Crippen LogP contribution in [-0.4, -0.2) is 15.9 Å². The van der Waals surface area contributed by atoms with Crippen LogP contribution in [0.5, 0.6) is 0 Å². The van der Waals surface area contributed by atoms with Crippen molar-refractivity contribution in [3.05, 3.63) is 41.2 Å². The fraction of sp³-hybridized carbons (Fsp3) is 0.429. The van der Waals surface area contributed by atoms with E-state index in [4.69, 9.17) is 0 Å². The van der Waals surface area contributed by atoms with Crippen molar-refractivity contribution in [1.29, 1.82) is 0 Å². The molecule has 0 spiro atoms. The maximum atomic E-state index is 4.46. The molecule has 3 nitrogen and oxygen atoms in total. The molecule has 0 saturated carbocycles. The van der Waals surface area contributed by atoms with Gasteiger partial charge < -0.3 is 5.32 Å². The van der Waals surface area contributed by atoms with Crippen molar-refractivity contribution in [2.24, 2.45) is 0 Å². The maximum Gasteiger partial charge on any atom is 0.202 e. The van der Waals surface area contributed by atoms with Gasteiger partial charge in [0.2, 0.25) is 5.13 Å². The molecule has 4 heteroatoms. The lowest BCUT2D eigenvalue weighted by Crippen LogP contribution is -2.05. The fourth-order valence-corrected chi connectivity index (χ4v) is 2.47. The third kappa shape index (κ3) is 3.29. The Morgan fingerprint density at radius 3 is 2.72 bits per heavy atom. The van der Waals surface area contributed by atoms with Crippen LogP contribution in [-0.2, 0) is 6.42 Å². The van der Waals surface area contributed by atoms with E-state index in [9.17, 15) is 0 Å². The number of rotatable bonds is 5. The van der Waals surface area contributed by atoms with Crippen molar-refractivity contribution in [2.75, 3.05) is 11.9 Å². The molecule has 18 heavy (non-hydrogen) atoms. The van der Waals surface area contributed by atoms with E-state index in [0.717, 1.165) is 23.9 Å². The average Bonchev–Trinajstić information content (AvgIpc) is 2.80. The number of anilines is 1. The number of nitrogens with one attached hydrogen (secondary N) is 1. The quantitative estimate of drug-likeness (QED) is 0.893. The highest BCUT2D eigenvalue weighted by atomic mass is 32.1. The minimum atomic E-state index is 0.396. The number of hydrogen-bond donors (Lipinski definition) is 1. The molecule has 0 aliphatic rings. The first-order valence-electron chi connectivity index (χ1n) is 6.29. The molecule has 0 atom stereocenters. The van der Waals surface area contributed by atoms with Gasteiger partial charge in [0.05, 0.1) is 0 Å². The summed E-state index contributed by atoms with van der Waals surface area (Å²) in [5.41, 5.74) is 2.73. The molecule has 0 saturated heterocycles. The molecule has 1 heterocycles. The van der Waals surface area contributed by atoms with Crippen LogP contribution >= 0.6 is 11.5 Å². The Balaban J connectivity index is 1.87. The molecule has 1 N–H and O–H groups in total.